The maximum absolute atomic E-state index is 13.3. The molecule has 2 aliphatic rings. The molecule has 1 heterocycles. The Kier molecular flexibility index (Phi) is 6.82. The van der Waals surface area contributed by atoms with Gasteiger partial charge in [0.15, 0.2) is 0 Å². The summed E-state index contributed by atoms with van der Waals surface area (Å²) in [5, 5.41) is 4.95. The Labute approximate surface area is 185 Å². The standard InChI is InChI=1S/C25H34ClN3O/c1-17-13-18(2)23-19(14-17)15-20(24(26)28-23)16-29(22-11-7-4-8-12-22)25(30)27-21-9-5-3-6-10-21/h13-15,21-22H,3-12,16H2,1-2H3,(H,27,30). The van der Waals surface area contributed by atoms with Crippen molar-refractivity contribution >= 4 is 28.5 Å². The topological polar surface area (TPSA) is 45.2 Å². The molecule has 30 heavy (non-hydrogen) atoms. The number of benzene rings is 1. The van der Waals surface area contributed by atoms with Crippen LogP contribution in [0.4, 0.5) is 4.79 Å². The van der Waals surface area contributed by atoms with E-state index in [0.29, 0.717) is 17.7 Å². The van der Waals surface area contributed by atoms with Crippen LogP contribution in [0.2, 0.25) is 5.15 Å². The fourth-order valence-electron chi connectivity index (χ4n) is 5.23. The summed E-state index contributed by atoms with van der Waals surface area (Å²) in [6.45, 7) is 4.70. The lowest BCUT2D eigenvalue weighted by atomic mass is 9.93. The molecule has 162 valence electrons. The van der Waals surface area contributed by atoms with E-state index in [9.17, 15) is 4.79 Å². The molecule has 1 aromatic carbocycles. The number of aromatic nitrogens is 1. The first kappa shape index (κ1) is 21.4. The quantitative estimate of drug-likeness (QED) is 0.553. The summed E-state index contributed by atoms with van der Waals surface area (Å²) in [4.78, 5) is 20.1. The zero-order valence-electron chi connectivity index (χ0n) is 18.3. The van der Waals surface area contributed by atoms with Gasteiger partial charge in [-0.2, -0.15) is 0 Å². The highest BCUT2D eigenvalue weighted by atomic mass is 35.5. The highest BCUT2D eigenvalue weighted by Crippen LogP contribution is 2.29. The third-order valence-electron chi connectivity index (χ3n) is 6.83. The normalized spacial score (nSPS) is 18.5. The highest BCUT2D eigenvalue weighted by Gasteiger charge is 2.28. The number of fused-ring (bicyclic) bond motifs is 1. The van der Waals surface area contributed by atoms with Gasteiger partial charge >= 0.3 is 6.03 Å². The van der Waals surface area contributed by atoms with Crippen molar-refractivity contribution in [2.45, 2.75) is 96.7 Å². The maximum atomic E-state index is 13.3. The minimum Gasteiger partial charge on any atom is -0.335 e. The van der Waals surface area contributed by atoms with E-state index in [4.69, 9.17) is 16.6 Å². The lowest BCUT2D eigenvalue weighted by molar-refractivity contribution is 0.145. The number of carbonyl (C=O) groups excluding carboxylic acids is 1. The van der Waals surface area contributed by atoms with Gasteiger partial charge in [0.2, 0.25) is 0 Å². The molecule has 1 aromatic heterocycles. The summed E-state index contributed by atoms with van der Waals surface area (Å²) < 4.78 is 0. The minimum absolute atomic E-state index is 0.0744. The average Bonchev–Trinajstić information content (AvgIpc) is 2.74. The molecule has 2 saturated carbocycles. The Morgan fingerprint density at radius 3 is 2.40 bits per heavy atom. The highest BCUT2D eigenvalue weighted by molar-refractivity contribution is 6.30. The van der Waals surface area contributed by atoms with Crippen LogP contribution in [0.25, 0.3) is 10.9 Å². The number of nitrogens with zero attached hydrogens (tertiary/aromatic N) is 2. The van der Waals surface area contributed by atoms with E-state index < -0.39 is 0 Å². The van der Waals surface area contributed by atoms with Gasteiger partial charge in [-0.3, -0.25) is 0 Å². The Hall–Kier alpha value is -1.81. The van der Waals surface area contributed by atoms with Gasteiger partial charge in [-0.05, 0) is 57.2 Å². The molecule has 0 radical (unpaired) electrons. The SMILES string of the molecule is Cc1cc(C)c2nc(Cl)c(CN(C(=O)NC3CCCCC3)C3CCCCC3)cc2c1. The third kappa shape index (κ3) is 4.91. The van der Waals surface area contributed by atoms with Gasteiger partial charge in [-0.15, -0.1) is 0 Å². The fraction of sp³-hybridized carbons (Fsp3) is 0.600. The average molecular weight is 428 g/mol. The Bertz CT molecular complexity index is 901. The van der Waals surface area contributed by atoms with Gasteiger partial charge in [-0.1, -0.05) is 61.8 Å². The van der Waals surface area contributed by atoms with Gasteiger partial charge < -0.3 is 10.2 Å². The largest absolute Gasteiger partial charge is 0.335 e. The number of rotatable bonds is 4. The number of amides is 2. The molecule has 0 aliphatic heterocycles. The van der Waals surface area contributed by atoms with Crippen molar-refractivity contribution < 1.29 is 4.79 Å². The Morgan fingerprint density at radius 2 is 1.70 bits per heavy atom. The number of hydrogen-bond acceptors (Lipinski definition) is 2. The first-order valence-electron chi connectivity index (χ1n) is 11.6. The van der Waals surface area contributed by atoms with Crippen molar-refractivity contribution in [3.63, 3.8) is 0 Å². The van der Waals surface area contributed by atoms with E-state index in [2.05, 4.69) is 37.4 Å². The first-order chi connectivity index (χ1) is 14.5. The van der Waals surface area contributed by atoms with E-state index in [1.807, 2.05) is 4.90 Å². The summed E-state index contributed by atoms with van der Waals surface area (Å²) in [5.41, 5.74) is 4.25. The number of halogens is 1. The summed E-state index contributed by atoms with van der Waals surface area (Å²) in [6, 6.07) is 7.10. The second-order valence-corrected chi connectivity index (χ2v) is 9.65. The summed E-state index contributed by atoms with van der Waals surface area (Å²) >= 11 is 6.63. The van der Waals surface area contributed by atoms with Gasteiger partial charge in [0.1, 0.15) is 5.15 Å². The first-order valence-corrected chi connectivity index (χ1v) is 12.0. The van der Waals surface area contributed by atoms with Crippen molar-refractivity contribution in [2.24, 2.45) is 0 Å². The summed E-state index contributed by atoms with van der Waals surface area (Å²) in [5.74, 6) is 0. The van der Waals surface area contributed by atoms with Crippen LogP contribution in [0.3, 0.4) is 0 Å². The molecule has 2 aliphatic carbocycles. The van der Waals surface area contributed by atoms with Gasteiger partial charge in [0.25, 0.3) is 0 Å². The molecule has 2 fully saturated rings. The van der Waals surface area contributed by atoms with Crippen molar-refractivity contribution in [1.82, 2.24) is 15.2 Å². The van der Waals surface area contributed by atoms with E-state index in [0.717, 1.165) is 47.7 Å². The molecule has 4 nitrogen and oxygen atoms in total. The predicted molar refractivity (Wildman–Crippen MR) is 124 cm³/mol. The van der Waals surface area contributed by atoms with Crippen LogP contribution in [0, 0.1) is 13.8 Å². The molecule has 2 amide bonds. The number of aryl methyl sites for hydroxylation is 2. The number of carbonyl (C=O) groups is 1. The van der Waals surface area contributed by atoms with E-state index in [1.165, 1.54) is 44.1 Å². The van der Waals surface area contributed by atoms with E-state index in [1.54, 1.807) is 0 Å². The van der Waals surface area contributed by atoms with Crippen LogP contribution in [-0.2, 0) is 6.54 Å². The Morgan fingerprint density at radius 1 is 1.03 bits per heavy atom. The molecule has 0 atom stereocenters. The minimum atomic E-state index is 0.0744. The molecule has 0 bridgehead atoms. The van der Waals surface area contributed by atoms with Crippen molar-refractivity contribution in [1.29, 1.82) is 0 Å². The second-order valence-electron chi connectivity index (χ2n) is 9.30. The fourth-order valence-corrected chi connectivity index (χ4v) is 5.43. The smallest absolute Gasteiger partial charge is 0.318 e. The van der Waals surface area contributed by atoms with Crippen LogP contribution in [0.5, 0.6) is 0 Å². The molecule has 1 N–H and O–H groups in total. The number of hydrogen-bond donors (Lipinski definition) is 1. The molecular weight excluding hydrogens is 394 g/mol. The second kappa shape index (κ2) is 9.55. The van der Waals surface area contributed by atoms with Crippen LogP contribution in [0.1, 0.15) is 80.9 Å². The maximum Gasteiger partial charge on any atom is 0.318 e. The van der Waals surface area contributed by atoms with Crippen LogP contribution >= 0.6 is 11.6 Å². The summed E-state index contributed by atoms with van der Waals surface area (Å²) in [6.07, 6.45) is 11.7. The Balaban J connectivity index is 1.60. The zero-order chi connectivity index (χ0) is 21.1. The lowest BCUT2D eigenvalue weighted by Crippen LogP contribution is -2.49. The molecule has 2 aromatic rings. The van der Waals surface area contributed by atoms with Crippen molar-refractivity contribution in [3.05, 3.63) is 40.0 Å². The monoisotopic (exact) mass is 427 g/mol. The van der Waals surface area contributed by atoms with Crippen LogP contribution in [0.15, 0.2) is 18.2 Å². The molecule has 0 spiro atoms. The van der Waals surface area contributed by atoms with Gasteiger partial charge in [0.05, 0.1) is 12.1 Å². The van der Waals surface area contributed by atoms with Gasteiger partial charge in [-0.25, -0.2) is 9.78 Å². The van der Waals surface area contributed by atoms with Crippen molar-refractivity contribution in [2.75, 3.05) is 0 Å². The predicted octanol–water partition coefficient (Wildman–Crippen LogP) is 6.68. The van der Waals surface area contributed by atoms with Gasteiger partial charge in [0, 0.05) is 23.0 Å². The zero-order valence-corrected chi connectivity index (χ0v) is 19.1. The molecular formula is C25H34ClN3O. The molecule has 4 rings (SSSR count). The molecule has 5 heteroatoms. The molecule has 0 unspecified atom stereocenters. The van der Waals surface area contributed by atoms with Crippen LogP contribution in [-0.4, -0.2) is 28.0 Å². The molecule has 0 saturated heterocycles. The van der Waals surface area contributed by atoms with Crippen LogP contribution < -0.4 is 5.32 Å². The van der Waals surface area contributed by atoms with E-state index in [-0.39, 0.29) is 12.1 Å². The number of pyridine rings is 1. The number of urea groups is 1. The van der Waals surface area contributed by atoms with Crippen molar-refractivity contribution in [3.8, 4) is 0 Å². The summed E-state index contributed by atoms with van der Waals surface area (Å²) in [7, 11) is 0. The third-order valence-corrected chi connectivity index (χ3v) is 7.16. The number of nitrogens with one attached hydrogen (secondary N) is 1. The van der Waals surface area contributed by atoms with E-state index >= 15 is 0 Å². The lowest BCUT2D eigenvalue weighted by Gasteiger charge is -2.36.